The fourth-order valence-electron chi connectivity index (χ4n) is 6.88. The summed E-state index contributed by atoms with van der Waals surface area (Å²) in [4.78, 5) is 25.2. The Morgan fingerprint density at radius 1 is 1.24 bits per heavy atom. The largest absolute Gasteiger partial charge is 0.495 e. The van der Waals surface area contributed by atoms with E-state index in [0.29, 0.717) is 18.8 Å². The van der Waals surface area contributed by atoms with E-state index in [9.17, 15) is 22.4 Å². The van der Waals surface area contributed by atoms with Gasteiger partial charge in [0, 0.05) is 18.0 Å². The van der Waals surface area contributed by atoms with E-state index in [2.05, 4.69) is 5.32 Å². The van der Waals surface area contributed by atoms with Crippen LogP contribution in [-0.4, -0.2) is 49.8 Å². The number of hydrogen-bond acceptors (Lipinski definition) is 5. The van der Waals surface area contributed by atoms with Gasteiger partial charge in [-0.1, -0.05) is 13.0 Å². The van der Waals surface area contributed by atoms with E-state index in [1.165, 1.54) is 33.1 Å². The number of nitrogens with zero attached hydrogens (tertiary/aromatic N) is 1. The summed E-state index contributed by atoms with van der Waals surface area (Å²) in [6.07, 6.45) is 4.00. The molecule has 4 aliphatic rings. The third-order valence-corrected chi connectivity index (χ3v) is 10.5. The fourth-order valence-corrected chi connectivity index (χ4v) is 8.84. The Morgan fingerprint density at radius 2 is 1.85 bits per heavy atom. The van der Waals surface area contributed by atoms with Crippen molar-refractivity contribution in [3.63, 3.8) is 0 Å². The number of ether oxygens (including phenoxy) is 1. The summed E-state index contributed by atoms with van der Waals surface area (Å²) < 4.78 is 47.9. The van der Waals surface area contributed by atoms with E-state index in [-0.39, 0.29) is 36.1 Å². The molecule has 4 aliphatic carbocycles. The van der Waals surface area contributed by atoms with Crippen LogP contribution in [0.1, 0.15) is 52.9 Å². The highest BCUT2D eigenvalue weighted by Gasteiger charge is 2.58. The quantitative estimate of drug-likeness (QED) is 0.574. The number of methoxy groups -OCH3 is 1. The summed E-state index contributed by atoms with van der Waals surface area (Å²) in [6.45, 7) is 4.62. The molecule has 2 unspecified atom stereocenters. The molecule has 0 aliphatic heterocycles. The van der Waals surface area contributed by atoms with Crippen LogP contribution in [-0.2, 0) is 19.6 Å². The molecule has 1 aromatic rings. The highest BCUT2D eigenvalue weighted by Crippen LogP contribution is 2.60. The molecule has 0 saturated heterocycles. The Bertz CT molecular complexity index is 1090. The van der Waals surface area contributed by atoms with Crippen LogP contribution in [0.25, 0.3) is 0 Å². The van der Waals surface area contributed by atoms with Crippen LogP contribution >= 0.6 is 0 Å². The van der Waals surface area contributed by atoms with Crippen molar-refractivity contribution in [1.29, 1.82) is 0 Å². The van der Waals surface area contributed by atoms with E-state index in [1.54, 1.807) is 6.92 Å². The van der Waals surface area contributed by atoms with Crippen molar-refractivity contribution < 1.29 is 27.1 Å². The Morgan fingerprint density at radius 3 is 2.38 bits per heavy atom. The lowest BCUT2D eigenvalue weighted by molar-refractivity contribution is -0.148. The van der Waals surface area contributed by atoms with Crippen molar-refractivity contribution in [2.45, 2.75) is 69.4 Å². The lowest BCUT2D eigenvalue weighted by atomic mass is 9.47. The smallest absolute Gasteiger partial charge is 0.250 e. The van der Waals surface area contributed by atoms with E-state index >= 15 is 0 Å². The van der Waals surface area contributed by atoms with Gasteiger partial charge in [-0.2, -0.15) is 4.31 Å². The number of likely N-dealkylation sites (N-methyl/N-ethyl adjacent to an activating group) is 1. The molecule has 3 N–H and O–H groups in total. The minimum absolute atomic E-state index is 0.0371. The van der Waals surface area contributed by atoms with Crippen molar-refractivity contribution in [3.05, 3.63) is 24.0 Å². The third kappa shape index (κ3) is 3.79. The van der Waals surface area contributed by atoms with Gasteiger partial charge < -0.3 is 15.8 Å². The first kappa shape index (κ1) is 24.9. The molecule has 2 atom stereocenters. The normalized spacial score (nSPS) is 30.4. The van der Waals surface area contributed by atoms with Crippen LogP contribution in [0.15, 0.2) is 23.1 Å². The number of primary amides is 1. The zero-order chi connectivity index (χ0) is 25.1. The van der Waals surface area contributed by atoms with Gasteiger partial charge in [-0.3, -0.25) is 9.59 Å². The van der Waals surface area contributed by atoms with Crippen LogP contribution < -0.4 is 15.8 Å². The number of carbonyl (C=O) groups excluding carboxylic acids is 2. The molecule has 4 bridgehead atoms. The molecule has 0 heterocycles. The Hall–Kier alpha value is -2.20. The maximum absolute atomic E-state index is 14.7. The predicted octanol–water partition coefficient (Wildman–Crippen LogP) is 2.42. The Kier molecular flexibility index (Phi) is 6.21. The number of nitrogens with two attached hydrogens (primary N) is 1. The first-order chi connectivity index (χ1) is 15.9. The number of hydrogen-bond donors (Lipinski definition) is 2. The van der Waals surface area contributed by atoms with Gasteiger partial charge >= 0.3 is 0 Å². The summed E-state index contributed by atoms with van der Waals surface area (Å²) in [7, 11) is -3.13. The standard InChI is InChI=1S/C24H34FN3O5S/c1-5-28(34(31,32)20-17(25)7-6-8-18(20)33-4)23(2,3)22(30)27-19-15-9-14-10-16(19)13-24(11-14,12-15)21(26)29/h6-8,14-16,19H,5,9-13H2,1-4H3,(H2,26,29)(H,27,30). The number of sulfonamides is 1. The average Bonchev–Trinajstić information content (AvgIpc) is 2.75. The number of rotatable bonds is 8. The van der Waals surface area contributed by atoms with Gasteiger partial charge in [0.15, 0.2) is 4.90 Å². The van der Waals surface area contributed by atoms with Gasteiger partial charge in [-0.05, 0) is 75.8 Å². The molecule has 188 valence electrons. The zero-order valence-corrected chi connectivity index (χ0v) is 21.0. The predicted molar refractivity (Wildman–Crippen MR) is 124 cm³/mol. The maximum atomic E-state index is 14.7. The molecule has 1 aromatic carbocycles. The van der Waals surface area contributed by atoms with Crippen molar-refractivity contribution >= 4 is 21.8 Å². The molecule has 0 spiro atoms. The number of amides is 2. The van der Waals surface area contributed by atoms with Crippen LogP contribution in [0.4, 0.5) is 4.39 Å². The molecule has 4 saturated carbocycles. The molecule has 0 aromatic heterocycles. The first-order valence-electron chi connectivity index (χ1n) is 11.8. The van der Waals surface area contributed by atoms with E-state index in [0.717, 1.165) is 29.6 Å². The molecular formula is C24H34FN3O5S. The van der Waals surface area contributed by atoms with Gasteiger partial charge in [0.25, 0.3) is 10.0 Å². The maximum Gasteiger partial charge on any atom is 0.250 e. The molecule has 8 nitrogen and oxygen atoms in total. The Labute approximate surface area is 200 Å². The molecule has 4 fully saturated rings. The van der Waals surface area contributed by atoms with Gasteiger partial charge in [0.2, 0.25) is 11.8 Å². The van der Waals surface area contributed by atoms with Crippen molar-refractivity contribution in [1.82, 2.24) is 9.62 Å². The Balaban J connectivity index is 1.59. The summed E-state index contributed by atoms with van der Waals surface area (Å²) in [5, 5.41) is 3.12. The van der Waals surface area contributed by atoms with Gasteiger partial charge in [0.05, 0.1) is 7.11 Å². The highest BCUT2D eigenvalue weighted by atomic mass is 32.2. The lowest BCUT2D eigenvalue weighted by Crippen LogP contribution is -2.65. The number of benzene rings is 1. The number of carbonyl (C=O) groups is 2. The van der Waals surface area contributed by atoms with Crippen LogP contribution in [0.3, 0.4) is 0 Å². The van der Waals surface area contributed by atoms with E-state index in [4.69, 9.17) is 10.5 Å². The first-order valence-corrected chi connectivity index (χ1v) is 13.3. The lowest BCUT2D eigenvalue weighted by Gasteiger charge is -2.59. The van der Waals surface area contributed by atoms with Crippen molar-refractivity contribution in [2.24, 2.45) is 28.9 Å². The molecule has 5 rings (SSSR count). The summed E-state index contributed by atoms with van der Waals surface area (Å²) in [6, 6.07) is 3.66. The highest BCUT2D eigenvalue weighted by molar-refractivity contribution is 7.89. The molecule has 0 radical (unpaired) electrons. The van der Waals surface area contributed by atoms with Crippen molar-refractivity contribution in [3.8, 4) is 5.75 Å². The second-order valence-electron chi connectivity index (χ2n) is 10.6. The second kappa shape index (κ2) is 8.48. The van der Waals surface area contributed by atoms with Gasteiger partial charge in [0.1, 0.15) is 17.1 Å². The molecule has 2 amide bonds. The van der Waals surface area contributed by atoms with Crippen molar-refractivity contribution in [2.75, 3.05) is 13.7 Å². The second-order valence-corrected chi connectivity index (χ2v) is 12.4. The van der Waals surface area contributed by atoms with Crippen LogP contribution in [0.2, 0.25) is 0 Å². The van der Waals surface area contributed by atoms with Crippen LogP contribution in [0, 0.1) is 29.0 Å². The van der Waals surface area contributed by atoms with Gasteiger partial charge in [-0.25, -0.2) is 12.8 Å². The zero-order valence-electron chi connectivity index (χ0n) is 20.1. The minimum atomic E-state index is -4.40. The summed E-state index contributed by atoms with van der Waals surface area (Å²) >= 11 is 0. The fraction of sp³-hybridized carbons (Fsp3) is 0.667. The van der Waals surface area contributed by atoms with E-state index < -0.39 is 37.6 Å². The summed E-state index contributed by atoms with van der Waals surface area (Å²) in [5.74, 6) is -1.04. The molecular weight excluding hydrogens is 461 g/mol. The number of halogens is 1. The van der Waals surface area contributed by atoms with Gasteiger partial charge in [-0.15, -0.1) is 0 Å². The SMILES string of the molecule is CCN(C(C)(C)C(=O)NC1C2CC3CC1CC(C(N)=O)(C3)C2)S(=O)(=O)c1c(F)cccc1OC. The minimum Gasteiger partial charge on any atom is -0.495 e. The topological polar surface area (TPSA) is 119 Å². The average molecular weight is 496 g/mol. The molecule has 10 heteroatoms. The van der Waals surface area contributed by atoms with E-state index in [1.807, 2.05) is 0 Å². The molecule has 34 heavy (non-hydrogen) atoms. The number of nitrogens with one attached hydrogen (secondary N) is 1. The third-order valence-electron chi connectivity index (χ3n) is 8.26. The monoisotopic (exact) mass is 495 g/mol. The summed E-state index contributed by atoms with van der Waals surface area (Å²) in [5.41, 5.74) is 3.80. The van der Waals surface area contributed by atoms with Crippen LogP contribution in [0.5, 0.6) is 5.75 Å².